The van der Waals surface area contributed by atoms with Crippen LogP contribution in [0.3, 0.4) is 0 Å². The van der Waals surface area contributed by atoms with E-state index < -0.39 is 54.1 Å². The summed E-state index contributed by atoms with van der Waals surface area (Å²) in [5, 5.41) is 28.6. The number of nitrogens with zero attached hydrogens (tertiary/aromatic N) is 1. The number of carboxylic acids is 1. The zero-order valence-electron chi connectivity index (χ0n) is 55.6. The molecule has 1 fully saturated rings. The first-order chi connectivity index (χ1) is 42.8. The smallest absolute Gasteiger partial charge is 0.333 e. The Morgan fingerprint density at radius 1 is 0.489 bits per heavy atom. The van der Waals surface area contributed by atoms with E-state index in [0.29, 0.717) is 39.1 Å². The number of phenolic OH excluding ortho intramolecular Hbond substituents is 1. The van der Waals surface area contributed by atoms with Gasteiger partial charge in [-0.15, -0.1) is 5.06 Å². The quantitative estimate of drug-likeness (QED) is 0.0108. The third-order valence-electron chi connectivity index (χ3n) is 13.3. The second-order valence-electron chi connectivity index (χ2n) is 21.6. The van der Waals surface area contributed by atoms with Crippen LogP contribution in [0.25, 0.3) is 10.8 Å². The maximum absolute atomic E-state index is 12.6. The van der Waals surface area contributed by atoms with Crippen LogP contribution in [0.2, 0.25) is 0 Å². The standard InChI is InChI=1S/C51H72O6.C10H13NO7.C6H10O5.C2H6O2/c1-37(2)19-13-20-38(3)21-14-22-39(4)23-15-24-40(5)25-16-26-41(6)27-17-28-42(7)29-18-30-43(8)33-34-45-44(9)51(47-32-12-11-31-46(47)50(45)54)57-49(53)35-48(52)56-36-55-10;1-16-6-17-9(14)4-5-10(15)18-11-7(12)2-3-8(11)13;1-10-4-11-6(9)3-2-5(7)8;1-4-2-3/h11-12,19,21,23,25,27,29,31-33,54H,13-18,20,22,24,26,28,30,34-36H2,1-10H3;2-6H2,1H3;2-4H2,1H3,(H,7,8);3H,2H2,1H3/b38-21+,39-23+,40-25+,41-27+,42-29+,43-33+;;;. The predicted octanol–water partition coefficient (Wildman–Crippen LogP) is 13.3. The number of aliphatic hydroxyl groups is 1. The monoisotopic (exact) mass is 1260 g/mol. The van der Waals surface area contributed by atoms with Crippen LogP contribution >= 0.6 is 0 Å². The van der Waals surface area contributed by atoms with Gasteiger partial charge >= 0.3 is 35.8 Å². The number of fused-ring (bicyclic) bond motifs is 1. The Balaban J connectivity index is 0.00000193. The van der Waals surface area contributed by atoms with Gasteiger partial charge in [0.05, 0.1) is 25.7 Å². The number of benzene rings is 2. The number of carbonyl (C=O) groups is 8. The van der Waals surface area contributed by atoms with Crippen molar-refractivity contribution in [2.24, 2.45) is 0 Å². The van der Waals surface area contributed by atoms with Gasteiger partial charge < -0.3 is 58.1 Å². The molecular formula is C69H101NO20. The number of hydrogen-bond donors (Lipinski definition) is 3. The molecule has 1 aliphatic heterocycles. The van der Waals surface area contributed by atoms with Gasteiger partial charge in [0, 0.05) is 57.6 Å². The van der Waals surface area contributed by atoms with Gasteiger partial charge in [0.1, 0.15) is 24.7 Å². The Bertz CT molecular complexity index is 2780. The maximum atomic E-state index is 12.6. The highest BCUT2D eigenvalue weighted by molar-refractivity contribution is 6.02. The Morgan fingerprint density at radius 2 is 0.856 bits per heavy atom. The molecule has 0 radical (unpaired) electrons. The lowest BCUT2D eigenvalue weighted by atomic mass is 9.95. The molecule has 0 bridgehead atoms. The van der Waals surface area contributed by atoms with Gasteiger partial charge in [0.25, 0.3) is 11.8 Å². The third kappa shape index (κ3) is 40.2. The topological polar surface area (TPSA) is 284 Å². The first kappa shape index (κ1) is 82.4. The molecule has 21 nitrogen and oxygen atoms in total. The molecule has 0 saturated carbocycles. The predicted molar refractivity (Wildman–Crippen MR) is 343 cm³/mol. The molecule has 3 N–H and O–H groups in total. The fraction of sp³-hybridized carbons (Fsp3) is 0.536. The number of aliphatic carboxylic acids is 1. The van der Waals surface area contributed by atoms with Crippen molar-refractivity contribution >= 4 is 58.4 Å². The van der Waals surface area contributed by atoms with Gasteiger partial charge in [-0.1, -0.05) is 106 Å². The molecule has 2 aromatic rings. The van der Waals surface area contributed by atoms with Crippen molar-refractivity contribution in [1.82, 2.24) is 5.06 Å². The SMILES string of the molecule is COCO.COCOC(=O)CC(=O)Oc1c(C)c(C/C=C(\C)CC/C=C(\C)CC/C=C(\C)CC/C=C(\C)CC/C=C(\C)CC/C=C(\C)CCC=C(C)C)c(O)c2ccccc12.COCOC(=O)CCC(=O)O.COCOC(=O)CCC(=O)ON1C(=O)CCC1=O. The molecule has 3 rings (SSSR count). The molecular weight excluding hydrogens is 1160 g/mol. The maximum Gasteiger partial charge on any atom is 0.333 e. The number of ether oxygens (including phenoxy) is 8. The normalized spacial score (nSPS) is 12.8. The van der Waals surface area contributed by atoms with E-state index in [-0.39, 0.29) is 71.4 Å². The van der Waals surface area contributed by atoms with E-state index in [1.165, 1.54) is 73.9 Å². The van der Waals surface area contributed by atoms with Crippen molar-refractivity contribution in [3.63, 3.8) is 0 Å². The van der Waals surface area contributed by atoms with Gasteiger partial charge in [-0.3, -0.25) is 33.6 Å². The molecule has 0 unspecified atom stereocenters. The Labute approximate surface area is 532 Å². The van der Waals surface area contributed by atoms with E-state index in [0.717, 1.165) is 70.6 Å². The number of hydroxylamine groups is 2. The highest BCUT2D eigenvalue weighted by atomic mass is 16.7. The van der Waals surface area contributed by atoms with Gasteiger partial charge in [0.2, 0.25) is 0 Å². The number of methoxy groups -OCH3 is 4. The van der Waals surface area contributed by atoms with E-state index in [4.69, 9.17) is 24.4 Å². The average molecular weight is 1260 g/mol. The summed E-state index contributed by atoms with van der Waals surface area (Å²) in [6.45, 7) is 18.8. The minimum absolute atomic E-state index is 0.0298. The van der Waals surface area contributed by atoms with Gasteiger partial charge in [-0.05, 0) is 151 Å². The summed E-state index contributed by atoms with van der Waals surface area (Å²) in [7, 11) is 5.56. The summed E-state index contributed by atoms with van der Waals surface area (Å²) in [6.07, 6.45) is 28.7. The number of carboxylic acid groups (broad SMARTS) is 1. The molecule has 2 aromatic carbocycles. The lowest BCUT2D eigenvalue weighted by molar-refractivity contribution is -0.197. The molecule has 2 amide bonds. The number of rotatable bonds is 37. The van der Waals surface area contributed by atoms with Crippen LogP contribution < -0.4 is 4.74 Å². The largest absolute Gasteiger partial charge is 0.507 e. The van der Waals surface area contributed by atoms with Crippen molar-refractivity contribution < 1.29 is 96.4 Å². The first-order valence-electron chi connectivity index (χ1n) is 30.2. The molecule has 1 aliphatic rings. The number of aromatic hydroxyl groups is 1. The van der Waals surface area contributed by atoms with E-state index in [1.54, 1.807) is 12.1 Å². The summed E-state index contributed by atoms with van der Waals surface area (Å²) in [4.78, 5) is 94.1. The van der Waals surface area contributed by atoms with Crippen molar-refractivity contribution in [3.05, 3.63) is 117 Å². The van der Waals surface area contributed by atoms with E-state index in [1.807, 2.05) is 19.1 Å². The van der Waals surface area contributed by atoms with Crippen molar-refractivity contribution in [3.8, 4) is 11.5 Å². The number of aliphatic hydroxyl groups excluding tert-OH is 1. The zero-order valence-corrected chi connectivity index (χ0v) is 55.6. The molecule has 0 spiro atoms. The highest BCUT2D eigenvalue weighted by Crippen LogP contribution is 2.40. The minimum atomic E-state index is -1.01. The Hall–Kier alpha value is -7.56. The molecule has 90 heavy (non-hydrogen) atoms. The van der Waals surface area contributed by atoms with Crippen LogP contribution in [0.1, 0.15) is 189 Å². The Kier molecular flexibility index (Phi) is 46.0. The van der Waals surface area contributed by atoms with Crippen molar-refractivity contribution in [2.45, 2.75) is 191 Å². The minimum Gasteiger partial charge on any atom is -0.507 e. The summed E-state index contributed by atoms with van der Waals surface area (Å²) in [5.74, 6) is -5.12. The summed E-state index contributed by atoms with van der Waals surface area (Å²) in [5.41, 5.74) is 11.3. The average Bonchev–Trinajstić information content (AvgIpc) is 1.79. The molecule has 0 atom stereocenters. The summed E-state index contributed by atoms with van der Waals surface area (Å²) in [6, 6.07) is 7.24. The van der Waals surface area contributed by atoms with E-state index in [9.17, 15) is 43.5 Å². The molecule has 21 heteroatoms. The van der Waals surface area contributed by atoms with Gasteiger partial charge in [0.15, 0.2) is 20.4 Å². The van der Waals surface area contributed by atoms with Crippen LogP contribution in [0.4, 0.5) is 0 Å². The lowest BCUT2D eigenvalue weighted by Gasteiger charge is -2.17. The molecule has 502 valence electrons. The molecule has 1 heterocycles. The molecule has 1 saturated heterocycles. The first-order valence-corrected chi connectivity index (χ1v) is 30.2. The number of esters is 4. The van der Waals surface area contributed by atoms with Gasteiger partial charge in [-0.25, -0.2) is 4.79 Å². The number of imide groups is 1. The second kappa shape index (κ2) is 50.2. The van der Waals surface area contributed by atoms with Gasteiger partial charge in [-0.2, -0.15) is 0 Å². The number of allylic oxidation sites excluding steroid dienone is 14. The van der Waals surface area contributed by atoms with Crippen LogP contribution in [0.15, 0.2) is 106 Å². The van der Waals surface area contributed by atoms with E-state index >= 15 is 0 Å². The van der Waals surface area contributed by atoms with Crippen molar-refractivity contribution in [2.75, 3.05) is 55.6 Å². The van der Waals surface area contributed by atoms with Crippen LogP contribution in [-0.2, 0) is 82.8 Å². The van der Waals surface area contributed by atoms with Crippen LogP contribution in [-0.4, -0.2) is 124 Å². The zero-order chi connectivity index (χ0) is 67.8. The Morgan fingerprint density at radius 3 is 1.24 bits per heavy atom. The number of hydrogen-bond acceptors (Lipinski definition) is 19. The molecule has 0 aromatic heterocycles. The number of carbonyl (C=O) groups excluding carboxylic acids is 7. The van der Waals surface area contributed by atoms with Crippen LogP contribution in [0, 0.1) is 6.92 Å². The number of amides is 2. The summed E-state index contributed by atoms with van der Waals surface area (Å²) < 4.78 is 37.2. The molecule has 0 aliphatic carbocycles. The number of phenols is 1. The second-order valence-corrected chi connectivity index (χ2v) is 21.6. The van der Waals surface area contributed by atoms with Crippen LogP contribution in [0.5, 0.6) is 11.5 Å². The lowest BCUT2D eigenvalue weighted by Crippen LogP contribution is -2.32. The third-order valence-corrected chi connectivity index (χ3v) is 13.3. The highest BCUT2D eigenvalue weighted by Gasteiger charge is 2.33. The van der Waals surface area contributed by atoms with Crippen molar-refractivity contribution in [1.29, 1.82) is 0 Å². The fourth-order valence-corrected chi connectivity index (χ4v) is 8.21. The fourth-order valence-electron chi connectivity index (χ4n) is 8.21. The summed E-state index contributed by atoms with van der Waals surface area (Å²) >= 11 is 0. The van der Waals surface area contributed by atoms with E-state index in [2.05, 4.69) is 126 Å².